The lowest BCUT2D eigenvalue weighted by atomic mass is 10.2. The van der Waals surface area contributed by atoms with Crippen molar-refractivity contribution in [2.45, 2.75) is 6.92 Å². The van der Waals surface area contributed by atoms with Gasteiger partial charge in [0.1, 0.15) is 0 Å². The van der Waals surface area contributed by atoms with Crippen molar-refractivity contribution in [3.8, 4) is 17.3 Å². The molecule has 2 heterocycles. The number of hydrogen-bond donors (Lipinski definition) is 2. The van der Waals surface area contributed by atoms with E-state index in [1.807, 2.05) is 22.6 Å². The molecule has 2 aromatic heterocycles. The van der Waals surface area contributed by atoms with E-state index in [0.29, 0.717) is 30.7 Å². The molecule has 0 spiro atoms. The lowest BCUT2D eigenvalue weighted by Crippen LogP contribution is -2.10. The molecule has 0 bridgehead atoms. The van der Waals surface area contributed by atoms with Crippen molar-refractivity contribution in [2.75, 3.05) is 0 Å². The number of H-pyrrole nitrogens is 1. The van der Waals surface area contributed by atoms with Gasteiger partial charge in [0.05, 0.1) is 19.3 Å². The standard InChI is InChI=1S/C13H8Cl2IN5O2/c1-5-9(16)10(12(22)23)21(20-5)13-17-11(18-19-13)6-2-3-7(14)8(15)4-6/h2-4H,1H3,(H,22,23)(H,17,18,19). The van der Waals surface area contributed by atoms with Crippen LogP contribution in [-0.2, 0) is 0 Å². The normalized spacial score (nSPS) is 11.0. The van der Waals surface area contributed by atoms with E-state index in [1.165, 1.54) is 4.68 Å². The van der Waals surface area contributed by atoms with Gasteiger partial charge >= 0.3 is 5.97 Å². The summed E-state index contributed by atoms with van der Waals surface area (Å²) in [6.07, 6.45) is 0. The maximum atomic E-state index is 11.4. The van der Waals surface area contributed by atoms with Crippen LogP contribution in [0.2, 0.25) is 10.0 Å². The Morgan fingerprint density at radius 1 is 1.35 bits per heavy atom. The van der Waals surface area contributed by atoms with E-state index < -0.39 is 5.97 Å². The average molecular weight is 464 g/mol. The summed E-state index contributed by atoms with van der Waals surface area (Å²) in [4.78, 5) is 15.7. The van der Waals surface area contributed by atoms with Gasteiger partial charge < -0.3 is 5.11 Å². The van der Waals surface area contributed by atoms with Crippen molar-refractivity contribution < 1.29 is 9.90 Å². The zero-order valence-corrected chi connectivity index (χ0v) is 15.2. The number of aromatic carboxylic acids is 1. The van der Waals surface area contributed by atoms with E-state index in [2.05, 4.69) is 20.3 Å². The molecule has 0 aliphatic rings. The minimum Gasteiger partial charge on any atom is -0.476 e. The van der Waals surface area contributed by atoms with Crippen LogP contribution in [0.15, 0.2) is 18.2 Å². The zero-order valence-electron chi connectivity index (χ0n) is 11.5. The van der Waals surface area contributed by atoms with E-state index in [-0.39, 0.29) is 11.6 Å². The second-order valence-corrected chi connectivity index (χ2v) is 6.47. The molecule has 7 nitrogen and oxygen atoms in total. The molecular weight excluding hydrogens is 456 g/mol. The molecule has 0 amide bonds. The highest BCUT2D eigenvalue weighted by atomic mass is 127. The fourth-order valence-corrected chi connectivity index (χ4v) is 2.82. The molecule has 10 heteroatoms. The van der Waals surface area contributed by atoms with Crippen molar-refractivity contribution in [3.05, 3.63) is 43.2 Å². The number of aryl methyl sites for hydroxylation is 1. The van der Waals surface area contributed by atoms with Crippen molar-refractivity contribution >= 4 is 51.8 Å². The van der Waals surface area contributed by atoms with E-state index in [1.54, 1.807) is 25.1 Å². The number of nitrogens with zero attached hydrogens (tertiary/aromatic N) is 4. The summed E-state index contributed by atoms with van der Waals surface area (Å²) in [7, 11) is 0. The first-order chi connectivity index (χ1) is 10.9. The van der Waals surface area contributed by atoms with E-state index >= 15 is 0 Å². The SMILES string of the molecule is Cc1nn(-c2n[nH]c(-c3ccc(Cl)c(Cl)c3)n2)c(C(=O)O)c1I. The minimum absolute atomic E-state index is 0.0165. The Bertz CT molecular complexity index is 921. The van der Waals surface area contributed by atoms with Crippen molar-refractivity contribution in [3.63, 3.8) is 0 Å². The van der Waals surface area contributed by atoms with Gasteiger partial charge in [-0.25, -0.2) is 4.79 Å². The van der Waals surface area contributed by atoms with Gasteiger partial charge in [0.15, 0.2) is 11.5 Å². The molecule has 0 fully saturated rings. The van der Waals surface area contributed by atoms with Gasteiger partial charge in [-0.05, 0) is 47.7 Å². The van der Waals surface area contributed by atoms with Crippen molar-refractivity contribution in [1.29, 1.82) is 0 Å². The fraction of sp³-hybridized carbons (Fsp3) is 0.0769. The second kappa shape index (κ2) is 6.10. The first-order valence-electron chi connectivity index (χ1n) is 6.25. The molecule has 0 aliphatic heterocycles. The molecule has 0 aliphatic carbocycles. The maximum absolute atomic E-state index is 11.4. The third-order valence-electron chi connectivity index (χ3n) is 3.05. The number of carbonyl (C=O) groups is 1. The molecule has 0 atom stereocenters. The molecule has 2 N–H and O–H groups in total. The summed E-state index contributed by atoms with van der Waals surface area (Å²) in [5.74, 6) is -0.538. The number of hydrogen-bond acceptors (Lipinski definition) is 4. The Balaban J connectivity index is 2.08. The van der Waals surface area contributed by atoms with Gasteiger partial charge in [-0.1, -0.05) is 23.2 Å². The number of carboxylic acid groups (broad SMARTS) is 1. The fourth-order valence-electron chi connectivity index (χ4n) is 1.96. The Labute approximate surface area is 153 Å². The monoisotopic (exact) mass is 463 g/mol. The van der Waals surface area contributed by atoms with Crippen LogP contribution in [0.5, 0.6) is 0 Å². The third kappa shape index (κ3) is 2.93. The Hall–Kier alpha value is -1.65. The highest BCUT2D eigenvalue weighted by Gasteiger charge is 2.23. The highest BCUT2D eigenvalue weighted by Crippen LogP contribution is 2.27. The predicted molar refractivity (Wildman–Crippen MR) is 93.4 cm³/mol. The smallest absolute Gasteiger partial charge is 0.355 e. The van der Waals surface area contributed by atoms with E-state index in [0.717, 1.165) is 0 Å². The molecule has 0 saturated heterocycles. The van der Waals surface area contributed by atoms with Gasteiger partial charge in [0, 0.05) is 5.56 Å². The van der Waals surface area contributed by atoms with Crippen LogP contribution >= 0.6 is 45.8 Å². The topological polar surface area (TPSA) is 96.7 Å². The lowest BCUT2D eigenvalue weighted by molar-refractivity contribution is 0.0685. The molecule has 3 aromatic rings. The molecule has 0 unspecified atom stereocenters. The van der Waals surface area contributed by atoms with Gasteiger partial charge in [-0.2, -0.15) is 14.8 Å². The van der Waals surface area contributed by atoms with Crippen LogP contribution in [-0.4, -0.2) is 36.0 Å². The summed E-state index contributed by atoms with van der Waals surface area (Å²) in [5.41, 5.74) is 1.28. The van der Waals surface area contributed by atoms with Gasteiger partial charge in [0.25, 0.3) is 5.95 Å². The van der Waals surface area contributed by atoms with Crippen LogP contribution in [0.4, 0.5) is 0 Å². The number of benzene rings is 1. The first-order valence-corrected chi connectivity index (χ1v) is 8.08. The minimum atomic E-state index is -1.10. The predicted octanol–water partition coefficient (Wildman–Crippen LogP) is 3.58. The number of carboxylic acids is 1. The molecule has 3 rings (SSSR count). The van der Waals surface area contributed by atoms with Crippen LogP contribution in [0.3, 0.4) is 0 Å². The first kappa shape index (κ1) is 16.2. The number of halogens is 3. The number of aromatic amines is 1. The Morgan fingerprint density at radius 3 is 2.74 bits per heavy atom. The van der Waals surface area contributed by atoms with Crippen LogP contribution in [0.1, 0.15) is 16.2 Å². The molecular formula is C13H8Cl2IN5O2. The van der Waals surface area contributed by atoms with Crippen LogP contribution in [0, 0.1) is 10.5 Å². The third-order valence-corrected chi connectivity index (χ3v) is 5.08. The summed E-state index contributed by atoms with van der Waals surface area (Å²) in [6, 6.07) is 5.02. The molecule has 0 saturated carbocycles. The Kier molecular flexibility index (Phi) is 4.30. The second-order valence-electron chi connectivity index (χ2n) is 4.58. The Morgan fingerprint density at radius 2 is 2.09 bits per heavy atom. The van der Waals surface area contributed by atoms with Gasteiger partial charge in [0.2, 0.25) is 0 Å². The van der Waals surface area contributed by atoms with Crippen LogP contribution in [0.25, 0.3) is 17.3 Å². The van der Waals surface area contributed by atoms with E-state index in [4.69, 9.17) is 23.2 Å². The summed E-state index contributed by atoms with van der Waals surface area (Å²) in [5, 5.41) is 21.1. The molecule has 1 aromatic carbocycles. The van der Waals surface area contributed by atoms with E-state index in [9.17, 15) is 9.90 Å². The lowest BCUT2D eigenvalue weighted by Gasteiger charge is -1.99. The summed E-state index contributed by atoms with van der Waals surface area (Å²) in [6.45, 7) is 1.72. The van der Waals surface area contributed by atoms with Crippen molar-refractivity contribution in [2.24, 2.45) is 0 Å². The highest BCUT2D eigenvalue weighted by molar-refractivity contribution is 14.1. The number of aromatic nitrogens is 5. The zero-order chi connectivity index (χ0) is 16.7. The van der Waals surface area contributed by atoms with Crippen LogP contribution < -0.4 is 0 Å². The molecule has 0 radical (unpaired) electrons. The molecule has 118 valence electrons. The molecule has 23 heavy (non-hydrogen) atoms. The summed E-state index contributed by atoms with van der Waals surface area (Å²) < 4.78 is 1.73. The average Bonchev–Trinajstić information content (AvgIpc) is 3.08. The quantitative estimate of drug-likeness (QED) is 0.578. The van der Waals surface area contributed by atoms with Gasteiger partial charge in [-0.3, -0.25) is 5.10 Å². The van der Waals surface area contributed by atoms with Gasteiger partial charge in [-0.15, -0.1) is 5.10 Å². The number of nitrogens with one attached hydrogen (secondary N) is 1. The summed E-state index contributed by atoms with van der Waals surface area (Å²) >= 11 is 13.8. The maximum Gasteiger partial charge on any atom is 0.355 e. The van der Waals surface area contributed by atoms with Crippen molar-refractivity contribution in [1.82, 2.24) is 25.0 Å². The number of rotatable bonds is 3. The largest absolute Gasteiger partial charge is 0.476 e.